The number of nitrogens with one attached hydrogen (secondary N) is 3. The molecule has 2 rings (SSSR count). The van der Waals surface area contributed by atoms with Crippen molar-refractivity contribution < 1.29 is 9.21 Å². The topological polar surface area (TPSA) is 78.7 Å². The highest BCUT2D eigenvalue weighted by atomic mass is 127. The number of nitrogens with zero attached hydrogens (tertiary/aromatic N) is 1. The standard InChI is InChI=1S/C17H21ClN4O2.HI/c1-2-19-17(22-12-13-6-5-11-24-13)21-10-9-20-16(23)14-7-3-4-8-15(14)18;/h3-8,11H,2,9-10,12H2,1H3,(H,20,23)(H2,19,21,22);1H. The molecule has 0 atom stereocenters. The normalized spacial score (nSPS) is 10.7. The molecule has 0 spiro atoms. The van der Waals surface area contributed by atoms with Crippen LogP contribution >= 0.6 is 35.6 Å². The molecule has 1 amide bonds. The molecule has 1 aromatic heterocycles. The Kier molecular flexibility index (Phi) is 10.0. The number of benzene rings is 1. The van der Waals surface area contributed by atoms with Gasteiger partial charge in [0.2, 0.25) is 0 Å². The fraction of sp³-hybridized carbons (Fsp3) is 0.294. The Morgan fingerprint density at radius 3 is 2.56 bits per heavy atom. The molecular formula is C17H22ClIN4O2. The molecule has 0 aliphatic rings. The number of hydrogen-bond donors (Lipinski definition) is 3. The van der Waals surface area contributed by atoms with Crippen LogP contribution in [0, 0.1) is 0 Å². The van der Waals surface area contributed by atoms with Gasteiger partial charge in [0.05, 0.1) is 16.8 Å². The zero-order valence-electron chi connectivity index (χ0n) is 13.9. The lowest BCUT2D eigenvalue weighted by Crippen LogP contribution is -2.41. The highest BCUT2D eigenvalue weighted by molar-refractivity contribution is 14.0. The van der Waals surface area contributed by atoms with Gasteiger partial charge in [0, 0.05) is 19.6 Å². The Morgan fingerprint density at radius 2 is 1.88 bits per heavy atom. The van der Waals surface area contributed by atoms with Gasteiger partial charge in [-0.3, -0.25) is 4.79 Å². The molecule has 0 radical (unpaired) electrons. The molecule has 3 N–H and O–H groups in total. The number of furan rings is 1. The summed E-state index contributed by atoms with van der Waals surface area (Å²) < 4.78 is 5.25. The van der Waals surface area contributed by atoms with E-state index in [-0.39, 0.29) is 29.9 Å². The van der Waals surface area contributed by atoms with Crippen molar-refractivity contribution in [2.24, 2.45) is 4.99 Å². The van der Waals surface area contributed by atoms with Crippen molar-refractivity contribution in [1.29, 1.82) is 0 Å². The first kappa shape index (κ1) is 21.3. The minimum atomic E-state index is -0.195. The van der Waals surface area contributed by atoms with E-state index in [2.05, 4.69) is 20.9 Å². The zero-order valence-corrected chi connectivity index (χ0v) is 17.0. The second-order valence-corrected chi connectivity index (χ2v) is 5.34. The molecule has 0 unspecified atom stereocenters. The Hall–Kier alpha value is -1.74. The van der Waals surface area contributed by atoms with Gasteiger partial charge in [0.1, 0.15) is 12.3 Å². The minimum absolute atomic E-state index is 0. The van der Waals surface area contributed by atoms with Crippen LogP contribution in [-0.4, -0.2) is 31.5 Å². The number of rotatable bonds is 7. The Morgan fingerprint density at radius 1 is 1.12 bits per heavy atom. The highest BCUT2D eigenvalue weighted by Gasteiger charge is 2.08. The lowest BCUT2D eigenvalue weighted by Gasteiger charge is -2.12. The van der Waals surface area contributed by atoms with Crippen LogP contribution in [0.1, 0.15) is 23.0 Å². The monoisotopic (exact) mass is 476 g/mol. The lowest BCUT2D eigenvalue weighted by molar-refractivity contribution is 0.0954. The maximum atomic E-state index is 12.0. The number of amides is 1. The SMILES string of the molecule is CCNC(=NCc1ccco1)NCCNC(=O)c1ccccc1Cl.I. The molecule has 6 nitrogen and oxygen atoms in total. The second-order valence-electron chi connectivity index (χ2n) is 4.94. The van der Waals surface area contributed by atoms with Crippen molar-refractivity contribution in [3.05, 3.63) is 59.0 Å². The second kappa shape index (κ2) is 11.8. The molecule has 1 aromatic carbocycles. The average Bonchev–Trinajstić information content (AvgIpc) is 3.10. The molecule has 2 aromatic rings. The van der Waals surface area contributed by atoms with E-state index in [0.717, 1.165) is 12.3 Å². The van der Waals surface area contributed by atoms with Gasteiger partial charge in [-0.05, 0) is 31.2 Å². The Labute approximate surface area is 169 Å². The highest BCUT2D eigenvalue weighted by Crippen LogP contribution is 2.14. The fourth-order valence-corrected chi connectivity index (χ4v) is 2.22. The van der Waals surface area contributed by atoms with Gasteiger partial charge in [-0.25, -0.2) is 4.99 Å². The number of carbonyl (C=O) groups excluding carboxylic acids is 1. The first-order valence-corrected chi connectivity index (χ1v) is 8.15. The van der Waals surface area contributed by atoms with Gasteiger partial charge < -0.3 is 20.4 Å². The quantitative estimate of drug-likeness (QED) is 0.248. The van der Waals surface area contributed by atoms with Crippen molar-refractivity contribution >= 4 is 47.4 Å². The summed E-state index contributed by atoms with van der Waals surface area (Å²) in [5.41, 5.74) is 0.470. The smallest absolute Gasteiger partial charge is 0.252 e. The van der Waals surface area contributed by atoms with Crippen LogP contribution in [0.4, 0.5) is 0 Å². The van der Waals surface area contributed by atoms with Crippen molar-refractivity contribution in [3.63, 3.8) is 0 Å². The van der Waals surface area contributed by atoms with Crippen molar-refractivity contribution in [2.75, 3.05) is 19.6 Å². The number of hydrogen-bond acceptors (Lipinski definition) is 3. The summed E-state index contributed by atoms with van der Waals surface area (Å²) >= 11 is 6.00. The number of halogens is 2. The maximum absolute atomic E-state index is 12.0. The molecule has 0 bridgehead atoms. The molecule has 136 valence electrons. The van der Waals surface area contributed by atoms with E-state index in [1.807, 2.05) is 19.1 Å². The third-order valence-electron chi connectivity index (χ3n) is 3.14. The summed E-state index contributed by atoms with van der Waals surface area (Å²) in [6.45, 7) is 4.18. The van der Waals surface area contributed by atoms with Gasteiger partial charge in [0.15, 0.2) is 5.96 Å². The maximum Gasteiger partial charge on any atom is 0.252 e. The Bertz CT molecular complexity index is 677. The molecule has 0 aliphatic heterocycles. The lowest BCUT2D eigenvalue weighted by atomic mass is 10.2. The molecule has 0 saturated heterocycles. The van der Waals surface area contributed by atoms with Crippen LogP contribution in [0.2, 0.25) is 5.02 Å². The number of carbonyl (C=O) groups is 1. The molecule has 0 saturated carbocycles. The van der Waals surface area contributed by atoms with Gasteiger partial charge >= 0.3 is 0 Å². The van der Waals surface area contributed by atoms with Crippen LogP contribution in [-0.2, 0) is 6.54 Å². The molecule has 1 heterocycles. The van der Waals surface area contributed by atoms with Gasteiger partial charge in [-0.15, -0.1) is 24.0 Å². The summed E-state index contributed by atoms with van der Waals surface area (Å²) in [5.74, 6) is 1.26. The van der Waals surface area contributed by atoms with E-state index >= 15 is 0 Å². The number of guanidine groups is 1. The first-order chi connectivity index (χ1) is 11.7. The van der Waals surface area contributed by atoms with Crippen molar-refractivity contribution in [3.8, 4) is 0 Å². The van der Waals surface area contributed by atoms with Gasteiger partial charge in [-0.1, -0.05) is 23.7 Å². The first-order valence-electron chi connectivity index (χ1n) is 7.78. The van der Waals surface area contributed by atoms with E-state index in [9.17, 15) is 4.79 Å². The van der Waals surface area contributed by atoms with Crippen LogP contribution < -0.4 is 16.0 Å². The molecule has 0 fully saturated rings. The summed E-state index contributed by atoms with van der Waals surface area (Å²) in [7, 11) is 0. The van der Waals surface area contributed by atoms with Crippen LogP contribution in [0.5, 0.6) is 0 Å². The summed E-state index contributed by atoms with van der Waals surface area (Å²) in [4.78, 5) is 16.4. The predicted octanol–water partition coefficient (Wildman–Crippen LogP) is 3.04. The summed E-state index contributed by atoms with van der Waals surface area (Å²) in [5, 5.41) is 9.55. The van der Waals surface area contributed by atoms with Crippen molar-refractivity contribution in [1.82, 2.24) is 16.0 Å². The third kappa shape index (κ3) is 7.35. The van der Waals surface area contributed by atoms with E-state index < -0.39 is 0 Å². The number of aliphatic imine (C=N–C) groups is 1. The summed E-state index contributed by atoms with van der Waals surface area (Å²) in [6, 6.07) is 10.7. The average molecular weight is 477 g/mol. The van der Waals surface area contributed by atoms with Gasteiger partial charge in [0.25, 0.3) is 5.91 Å². The van der Waals surface area contributed by atoms with Crippen molar-refractivity contribution in [2.45, 2.75) is 13.5 Å². The largest absolute Gasteiger partial charge is 0.467 e. The van der Waals surface area contributed by atoms with Gasteiger partial charge in [-0.2, -0.15) is 0 Å². The molecule has 25 heavy (non-hydrogen) atoms. The predicted molar refractivity (Wildman–Crippen MR) is 111 cm³/mol. The van der Waals surface area contributed by atoms with E-state index in [1.165, 1.54) is 0 Å². The van der Waals surface area contributed by atoms with E-state index in [0.29, 0.717) is 36.2 Å². The zero-order chi connectivity index (χ0) is 17.2. The Balaban J connectivity index is 0.00000312. The van der Waals surface area contributed by atoms with E-state index in [1.54, 1.807) is 30.5 Å². The minimum Gasteiger partial charge on any atom is -0.467 e. The van der Waals surface area contributed by atoms with Crippen LogP contribution in [0.25, 0.3) is 0 Å². The molecule has 8 heteroatoms. The fourth-order valence-electron chi connectivity index (χ4n) is 2.00. The molecular weight excluding hydrogens is 455 g/mol. The summed E-state index contributed by atoms with van der Waals surface area (Å²) in [6.07, 6.45) is 1.62. The van der Waals surface area contributed by atoms with Crippen LogP contribution in [0.3, 0.4) is 0 Å². The van der Waals surface area contributed by atoms with Crippen LogP contribution in [0.15, 0.2) is 52.1 Å². The third-order valence-corrected chi connectivity index (χ3v) is 3.47. The molecule has 0 aliphatic carbocycles. The van der Waals surface area contributed by atoms with E-state index in [4.69, 9.17) is 16.0 Å².